The zero-order chi connectivity index (χ0) is 12.8. The average molecular weight is 238 g/mol. The first-order valence-corrected chi connectivity index (χ1v) is 6.23. The Bertz CT molecular complexity index is 383. The summed E-state index contributed by atoms with van der Waals surface area (Å²) in [7, 11) is 0. The van der Waals surface area contributed by atoms with E-state index in [-0.39, 0.29) is 5.97 Å². The van der Waals surface area contributed by atoms with E-state index in [0.717, 1.165) is 30.5 Å². The molecule has 0 atom stereocenters. The maximum Gasteiger partial charge on any atom is 0.355 e. The standard InChI is InChI=1S/C13H22N2O2/c1-4-10-9(3)12(13(16)17-5-2)15-11(10)7-6-8-14/h15H,4-8,14H2,1-3H3. The molecular formula is C13H22N2O2. The van der Waals surface area contributed by atoms with Crippen molar-refractivity contribution in [1.82, 2.24) is 4.98 Å². The number of aromatic amines is 1. The summed E-state index contributed by atoms with van der Waals surface area (Å²) < 4.78 is 5.03. The smallest absolute Gasteiger partial charge is 0.355 e. The highest BCUT2D eigenvalue weighted by Gasteiger charge is 2.18. The minimum Gasteiger partial charge on any atom is -0.461 e. The second-order valence-corrected chi connectivity index (χ2v) is 4.05. The number of nitrogens with two attached hydrogens (primary N) is 1. The third kappa shape index (κ3) is 3.09. The molecule has 0 saturated heterocycles. The van der Waals surface area contributed by atoms with Gasteiger partial charge in [-0.3, -0.25) is 0 Å². The van der Waals surface area contributed by atoms with E-state index in [1.54, 1.807) is 0 Å². The summed E-state index contributed by atoms with van der Waals surface area (Å²) in [4.78, 5) is 14.9. The van der Waals surface area contributed by atoms with E-state index >= 15 is 0 Å². The molecular weight excluding hydrogens is 216 g/mol. The molecule has 0 amide bonds. The summed E-state index contributed by atoms with van der Waals surface area (Å²) in [6, 6.07) is 0. The largest absolute Gasteiger partial charge is 0.461 e. The number of hydrogen-bond donors (Lipinski definition) is 2. The zero-order valence-corrected chi connectivity index (χ0v) is 10.9. The van der Waals surface area contributed by atoms with Crippen LogP contribution in [0.2, 0.25) is 0 Å². The lowest BCUT2D eigenvalue weighted by molar-refractivity contribution is 0.0519. The molecule has 0 bridgehead atoms. The van der Waals surface area contributed by atoms with Gasteiger partial charge in [0.1, 0.15) is 5.69 Å². The Morgan fingerprint density at radius 3 is 2.65 bits per heavy atom. The number of hydrogen-bond acceptors (Lipinski definition) is 3. The number of aryl methyl sites for hydroxylation is 1. The molecule has 96 valence electrons. The number of H-pyrrole nitrogens is 1. The van der Waals surface area contributed by atoms with Crippen LogP contribution < -0.4 is 5.73 Å². The molecule has 0 spiro atoms. The van der Waals surface area contributed by atoms with Gasteiger partial charge in [0.05, 0.1) is 6.61 Å². The van der Waals surface area contributed by atoms with Crippen molar-refractivity contribution < 1.29 is 9.53 Å². The molecule has 0 unspecified atom stereocenters. The number of nitrogens with one attached hydrogen (secondary N) is 1. The first-order chi connectivity index (χ1) is 8.15. The molecule has 0 radical (unpaired) electrons. The normalized spacial score (nSPS) is 10.6. The lowest BCUT2D eigenvalue weighted by Crippen LogP contribution is -2.07. The second kappa shape index (κ2) is 6.45. The van der Waals surface area contributed by atoms with Crippen LogP contribution in [0.4, 0.5) is 0 Å². The first kappa shape index (κ1) is 13.8. The maximum absolute atomic E-state index is 11.7. The number of rotatable bonds is 6. The Kier molecular flexibility index (Phi) is 5.22. The molecule has 1 rings (SSSR count). The van der Waals surface area contributed by atoms with E-state index in [1.165, 1.54) is 5.56 Å². The van der Waals surface area contributed by atoms with Gasteiger partial charge in [0, 0.05) is 5.69 Å². The summed E-state index contributed by atoms with van der Waals surface area (Å²) in [5, 5.41) is 0. The van der Waals surface area contributed by atoms with Crippen molar-refractivity contribution >= 4 is 5.97 Å². The van der Waals surface area contributed by atoms with Crippen molar-refractivity contribution in [2.45, 2.75) is 40.0 Å². The van der Waals surface area contributed by atoms with Crippen LogP contribution in [0.1, 0.15) is 47.6 Å². The molecule has 3 N–H and O–H groups in total. The van der Waals surface area contributed by atoms with Crippen molar-refractivity contribution in [3.05, 3.63) is 22.5 Å². The van der Waals surface area contributed by atoms with Gasteiger partial charge in [-0.2, -0.15) is 0 Å². The molecule has 0 fully saturated rings. The highest BCUT2D eigenvalue weighted by Crippen LogP contribution is 2.21. The van der Waals surface area contributed by atoms with Crippen LogP contribution in [-0.2, 0) is 17.6 Å². The van der Waals surface area contributed by atoms with Crippen LogP contribution in [0.25, 0.3) is 0 Å². The van der Waals surface area contributed by atoms with Gasteiger partial charge < -0.3 is 15.5 Å². The van der Waals surface area contributed by atoms with Gasteiger partial charge in [-0.05, 0) is 50.8 Å². The highest BCUT2D eigenvalue weighted by atomic mass is 16.5. The molecule has 17 heavy (non-hydrogen) atoms. The average Bonchev–Trinajstić information content (AvgIpc) is 2.63. The van der Waals surface area contributed by atoms with E-state index in [0.29, 0.717) is 18.8 Å². The molecule has 4 nitrogen and oxygen atoms in total. The first-order valence-electron chi connectivity index (χ1n) is 6.23. The molecule has 4 heteroatoms. The van der Waals surface area contributed by atoms with E-state index in [4.69, 9.17) is 10.5 Å². The van der Waals surface area contributed by atoms with Crippen LogP contribution >= 0.6 is 0 Å². The van der Waals surface area contributed by atoms with Gasteiger partial charge in [-0.25, -0.2) is 4.79 Å². The number of esters is 1. The summed E-state index contributed by atoms with van der Waals surface area (Å²) in [5.41, 5.74) is 9.47. The number of carbonyl (C=O) groups is 1. The minimum absolute atomic E-state index is 0.265. The van der Waals surface area contributed by atoms with Gasteiger partial charge in [0.15, 0.2) is 0 Å². The number of aromatic nitrogens is 1. The molecule has 0 aromatic carbocycles. The summed E-state index contributed by atoms with van der Waals surface area (Å²) in [6.07, 6.45) is 2.73. The van der Waals surface area contributed by atoms with Crippen LogP contribution in [0.3, 0.4) is 0 Å². The molecule has 0 aliphatic rings. The number of carbonyl (C=O) groups excluding carboxylic acids is 1. The maximum atomic E-state index is 11.7. The Labute approximate surface area is 103 Å². The predicted molar refractivity (Wildman–Crippen MR) is 68.2 cm³/mol. The Balaban J connectivity index is 2.99. The van der Waals surface area contributed by atoms with Crippen molar-refractivity contribution in [3.63, 3.8) is 0 Å². The van der Waals surface area contributed by atoms with Crippen molar-refractivity contribution in [2.24, 2.45) is 5.73 Å². The van der Waals surface area contributed by atoms with Gasteiger partial charge >= 0.3 is 5.97 Å². The van der Waals surface area contributed by atoms with E-state index in [2.05, 4.69) is 11.9 Å². The fourth-order valence-electron chi connectivity index (χ4n) is 2.08. The predicted octanol–water partition coefficient (Wildman–Crippen LogP) is 1.95. The minimum atomic E-state index is -0.265. The quantitative estimate of drug-likeness (QED) is 0.744. The van der Waals surface area contributed by atoms with Gasteiger partial charge in [0.25, 0.3) is 0 Å². The van der Waals surface area contributed by atoms with E-state index in [9.17, 15) is 4.79 Å². The fraction of sp³-hybridized carbons (Fsp3) is 0.615. The van der Waals surface area contributed by atoms with Gasteiger partial charge in [-0.15, -0.1) is 0 Å². The van der Waals surface area contributed by atoms with Crippen molar-refractivity contribution in [2.75, 3.05) is 13.2 Å². The summed E-state index contributed by atoms with van der Waals surface area (Å²) in [5.74, 6) is -0.265. The highest BCUT2D eigenvalue weighted by molar-refractivity contribution is 5.89. The van der Waals surface area contributed by atoms with E-state index in [1.807, 2.05) is 13.8 Å². The SMILES string of the molecule is CCOC(=O)c1[nH]c(CCCN)c(CC)c1C. The topological polar surface area (TPSA) is 68.1 Å². The Morgan fingerprint density at radius 1 is 1.41 bits per heavy atom. The third-order valence-corrected chi connectivity index (χ3v) is 2.93. The lowest BCUT2D eigenvalue weighted by Gasteiger charge is -2.01. The van der Waals surface area contributed by atoms with Crippen molar-refractivity contribution in [3.8, 4) is 0 Å². The molecule has 1 aromatic heterocycles. The molecule has 0 saturated carbocycles. The van der Waals surface area contributed by atoms with Crippen LogP contribution in [-0.4, -0.2) is 24.1 Å². The van der Waals surface area contributed by atoms with Crippen LogP contribution in [0.15, 0.2) is 0 Å². The zero-order valence-electron chi connectivity index (χ0n) is 10.9. The monoisotopic (exact) mass is 238 g/mol. The second-order valence-electron chi connectivity index (χ2n) is 4.05. The van der Waals surface area contributed by atoms with Gasteiger partial charge in [0.2, 0.25) is 0 Å². The molecule has 1 aromatic rings. The van der Waals surface area contributed by atoms with Crippen LogP contribution in [0, 0.1) is 6.92 Å². The Hall–Kier alpha value is -1.29. The molecule has 0 aliphatic heterocycles. The molecule has 1 heterocycles. The Morgan fingerprint density at radius 2 is 2.12 bits per heavy atom. The van der Waals surface area contributed by atoms with Crippen LogP contribution in [0.5, 0.6) is 0 Å². The summed E-state index contributed by atoms with van der Waals surface area (Å²) >= 11 is 0. The third-order valence-electron chi connectivity index (χ3n) is 2.93. The lowest BCUT2D eigenvalue weighted by atomic mass is 10.0. The fourth-order valence-corrected chi connectivity index (χ4v) is 2.08. The molecule has 0 aliphatic carbocycles. The van der Waals surface area contributed by atoms with Crippen molar-refractivity contribution in [1.29, 1.82) is 0 Å². The number of ether oxygens (including phenoxy) is 1. The van der Waals surface area contributed by atoms with E-state index < -0.39 is 0 Å². The van der Waals surface area contributed by atoms with Gasteiger partial charge in [-0.1, -0.05) is 6.92 Å². The summed E-state index contributed by atoms with van der Waals surface area (Å²) in [6.45, 7) is 6.93.